The molecule has 1 aromatic carbocycles. The van der Waals surface area contributed by atoms with Gasteiger partial charge in [-0.1, -0.05) is 37.5 Å². The van der Waals surface area contributed by atoms with Gasteiger partial charge in [-0.05, 0) is 31.4 Å². The standard InChI is InChI=1S/C16H23NO2/c1-13-8-6-7-11-15(13)19-12-16(18)17(2)14-9-4-3-5-10-14/h6-8,11,14H,3-5,9-10,12H2,1-2H3. The van der Waals surface area contributed by atoms with Crippen LogP contribution in [0, 0.1) is 6.92 Å². The number of carbonyl (C=O) groups excluding carboxylic acids is 1. The van der Waals surface area contributed by atoms with Crippen molar-refractivity contribution in [2.45, 2.75) is 45.1 Å². The molecule has 3 nitrogen and oxygen atoms in total. The number of rotatable bonds is 4. The van der Waals surface area contributed by atoms with Gasteiger partial charge in [0.1, 0.15) is 5.75 Å². The van der Waals surface area contributed by atoms with Gasteiger partial charge in [0.15, 0.2) is 6.61 Å². The van der Waals surface area contributed by atoms with Crippen LogP contribution in [0.25, 0.3) is 0 Å². The Morgan fingerprint density at radius 2 is 1.95 bits per heavy atom. The van der Waals surface area contributed by atoms with Crippen LogP contribution in [0.15, 0.2) is 24.3 Å². The van der Waals surface area contributed by atoms with Crippen LogP contribution < -0.4 is 4.74 Å². The van der Waals surface area contributed by atoms with Crippen LogP contribution in [0.3, 0.4) is 0 Å². The van der Waals surface area contributed by atoms with Crippen molar-refractivity contribution in [3.63, 3.8) is 0 Å². The third-order valence-corrected chi connectivity index (χ3v) is 3.96. The van der Waals surface area contributed by atoms with Gasteiger partial charge in [-0.2, -0.15) is 0 Å². The minimum atomic E-state index is 0.0788. The van der Waals surface area contributed by atoms with Gasteiger partial charge in [0, 0.05) is 13.1 Å². The van der Waals surface area contributed by atoms with Crippen LogP contribution in [0.2, 0.25) is 0 Å². The van der Waals surface area contributed by atoms with E-state index < -0.39 is 0 Å². The van der Waals surface area contributed by atoms with Crippen molar-refractivity contribution in [1.82, 2.24) is 4.90 Å². The van der Waals surface area contributed by atoms with E-state index in [9.17, 15) is 4.79 Å². The molecule has 0 bridgehead atoms. The van der Waals surface area contributed by atoms with E-state index in [4.69, 9.17) is 4.74 Å². The zero-order chi connectivity index (χ0) is 13.7. The molecule has 0 saturated heterocycles. The monoisotopic (exact) mass is 261 g/mol. The Kier molecular flexibility index (Phi) is 4.83. The van der Waals surface area contributed by atoms with Crippen LogP contribution >= 0.6 is 0 Å². The molecule has 0 heterocycles. The Hall–Kier alpha value is -1.51. The number of benzene rings is 1. The number of para-hydroxylation sites is 1. The summed E-state index contributed by atoms with van der Waals surface area (Å²) in [4.78, 5) is 14.0. The molecule has 1 aromatic rings. The van der Waals surface area contributed by atoms with E-state index in [2.05, 4.69) is 0 Å². The van der Waals surface area contributed by atoms with Gasteiger partial charge in [0.2, 0.25) is 0 Å². The molecule has 0 atom stereocenters. The summed E-state index contributed by atoms with van der Waals surface area (Å²) in [6.07, 6.45) is 6.04. The number of carbonyl (C=O) groups is 1. The molecule has 0 aromatic heterocycles. The topological polar surface area (TPSA) is 29.5 Å². The number of amides is 1. The molecule has 1 aliphatic rings. The summed E-state index contributed by atoms with van der Waals surface area (Å²) in [6, 6.07) is 8.20. The lowest BCUT2D eigenvalue weighted by molar-refractivity contribution is -0.134. The molecule has 0 N–H and O–H groups in total. The smallest absolute Gasteiger partial charge is 0.260 e. The first-order valence-electron chi connectivity index (χ1n) is 7.12. The number of aryl methyl sites for hydroxylation is 1. The van der Waals surface area contributed by atoms with Crippen molar-refractivity contribution in [3.05, 3.63) is 29.8 Å². The highest BCUT2D eigenvalue weighted by atomic mass is 16.5. The average molecular weight is 261 g/mol. The predicted octanol–water partition coefficient (Wildman–Crippen LogP) is 3.16. The van der Waals surface area contributed by atoms with Crippen molar-refractivity contribution in [1.29, 1.82) is 0 Å². The minimum absolute atomic E-state index is 0.0788. The predicted molar refractivity (Wildman–Crippen MR) is 76.3 cm³/mol. The highest BCUT2D eigenvalue weighted by Crippen LogP contribution is 2.22. The summed E-state index contributed by atoms with van der Waals surface area (Å²) in [5.41, 5.74) is 1.07. The summed E-state index contributed by atoms with van der Waals surface area (Å²) in [6.45, 7) is 2.13. The highest BCUT2D eigenvalue weighted by molar-refractivity contribution is 5.77. The third kappa shape index (κ3) is 3.72. The van der Waals surface area contributed by atoms with Gasteiger partial charge in [0.05, 0.1) is 0 Å². The maximum absolute atomic E-state index is 12.1. The normalized spacial score (nSPS) is 16.1. The SMILES string of the molecule is Cc1ccccc1OCC(=O)N(C)C1CCCCC1. The lowest BCUT2D eigenvalue weighted by atomic mass is 9.94. The maximum Gasteiger partial charge on any atom is 0.260 e. The van der Waals surface area contributed by atoms with E-state index in [1.807, 2.05) is 43.1 Å². The van der Waals surface area contributed by atoms with Gasteiger partial charge in [0.25, 0.3) is 5.91 Å². The van der Waals surface area contributed by atoms with Gasteiger partial charge >= 0.3 is 0 Å². The number of likely N-dealkylation sites (N-methyl/N-ethyl adjacent to an activating group) is 1. The Morgan fingerprint density at radius 3 is 2.63 bits per heavy atom. The quantitative estimate of drug-likeness (QED) is 0.833. The van der Waals surface area contributed by atoms with E-state index in [-0.39, 0.29) is 12.5 Å². The van der Waals surface area contributed by atoms with E-state index >= 15 is 0 Å². The van der Waals surface area contributed by atoms with Crippen molar-refractivity contribution in [2.75, 3.05) is 13.7 Å². The minimum Gasteiger partial charge on any atom is -0.484 e. The number of ether oxygens (including phenoxy) is 1. The molecule has 1 saturated carbocycles. The first-order valence-corrected chi connectivity index (χ1v) is 7.12. The van der Waals surface area contributed by atoms with Gasteiger partial charge in [-0.25, -0.2) is 0 Å². The molecule has 104 valence electrons. The summed E-state index contributed by atoms with van der Waals surface area (Å²) in [5.74, 6) is 0.878. The maximum atomic E-state index is 12.1. The summed E-state index contributed by atoms with van der Waals surface area (Å²) < 4.78 is 5.62. The molecule has 1 amide bonds. The van der Waals surface area contributed by atoms with Crippen molar-refractivity contribution in [2.24, 2.45) is 0 Å². The molecule has 0 aliphatic heterocycles. The van der Waals surface area contributed by atoms with Crippen molar-refractivity contribution < 1.29 is 9.53 Å². The lowest BCUT2D eigenvalue weighted by Crippen LogP contribution is -2.40. The van der Waals surface area contributed by atoms with Crippen LogP contribution in [0.4, 0.5) is 0 Å². The van der Waals surface area contributed by atoms with E-state index in [0.717, 1.165) is 24.2 Å². The zero-order valence-electron chi connectivity index (χ0n) is 11.9. The second-order valence-corrected chi connectivity index (χ2v) is 5.35. The Bertz CT molecular complexity index is 425. The fourth-order valence-electron chi connectivity index (χ4n) is 2.63. The molecule has 1 aliphatic carbocycles. The molecule has 2 rings (SSSR count). The highest BCUT2D eigenvalue weighted by Gasteiger charge is 2.22. The van der Waals surface area contributed by atoms with Crippen molar-refractivity contribution in [3.8, 4) is 5.75 Å². The molecular weight excluding hydrogens is 238 g/mol. The van der Waals surface area contributed by atoms with E-state index in [1.165, 1.54) is 19.3 Å². The van der Waals surface area contributed by atoms with Gasteiger partial charge < -0.3 is 9.64 Å². The Morgan fingerprint density at radius 1 is 1.26 bits per heavy atom. The molecule has 3 heteroatoms. The van der Waals surface area contributed by atoms with Crippen LogP contribution in [0.1, 0.15) is 37.7 Å². The summed E-state index contributed by atoms with van der Waals surface area (Å²) >= 11 is 0. The van der Waals surface area contributed by atoms with E-state index in [1.54, 1.807) is 0 Å². The molecule has 1 fully saturated rings. The fourth-order valence-corrected chi connectivity index (χ4v) is 2.63. The zero-order valence-corrected chi connectivity index (χ0v) is 11.9. The van der Waals surface area contributed by atoms with Crippen LogP contribution in [-0.2, 0) is 4.79 Å². The molecular formula is C16H23NO2. The molecule has 19 heavy (non-hydrogen) atoms. The number of hydrogen-bond acceptors (Lipinski definition) is 2. The number of hydrogen-bond donors (Lipinski definition) is 0. The molecule has 0 unspecified atom stereocenters. The van der Waals surface area contributed by atoms with Crippen LogP contribution in [0.5, 0.6) is 5.75 Å². The first-order chi connectivity index (χ1) is 9.18. The Balaban J connectivity index is 1.85. The van der Waals surface area contributed by atoms with Gasteiger partial charge in [-0.3, -0.25) is 4.79 Å². The lowest BCUT2D eigenvalue weighted by Gasteiger charge is -2.31. The van der Waals surface area contributed by atoms with Crippen molar-refractivity contribution >= 4 is 5.91 Å². The van der Waals surface area contributed by atoms with E-state index in [0.29, 0.717) is 6.04 Å². The second-order valence-electron chi connectivity index (χ2n) is 5.35. The third-order valence-electron chi connectivity index (χ3n) is 3.96. The fraction of sp³-hybridized carbons (Fsp3) is 0.562. The summed E-state index contributed by atoms with van der Waals surface area (Å²) in [5, 5.41) is 0. The second kappa shape index (κ2) is 6.60. The van der Waals surface area contributed by atoms with Gasteiger partial charge in [-0.15, -0.1) is 0 Å². The van der Waals surface area contributed by atoms with Crippen LogP contribution in [-0.4, -0.2) is 30.5 Å². The molecule has 0 spiro atoms. The first kappa shape index (κ1) is 13.9. The Labute approximate surface area is 115 Å². The largest absolute Gasteiger partial charge is 0.484 e. The molecule has 0 radical (unpaired) electrons. The summed E-state index contributed by atoms with van der Waals surface area (Å²) in [7, 11) is 1.90. The number of nitrogens with zero attached hydrogens (tertiary/aromatic N) is 1. The average Bonchev–Trinajstić information content (AvgIpc) is 2.46.